The average molecular weight is 919 g/mol. The molecule has 0 spiro atoms. The molecule has 0 aromatic carbocycles. The molecule has 1 N–H and O–H groups in total. The van der Waals surface area contributed by atoms with Crippen LogP contribution in [0.5, 0.6) is 0 Å². The fraction of sp³-hybridized carbons (Fsp3) is 0.764. The Morgan fingerprint density at radius 3 is 1.27 bits per heavy atom. The van der Waals surface area contributed by atoms with Crippen molar-refractivity contribution in [2.24, 2.45) is 0 Å². The quantitative estimate of drug-likeness (QED) is 0.0214. The van der Waals surface area contributed by atoms with E-state index in [0.29, 0.717) is 24.1 Å². The van der Waals surface area contributed by atoms with Crippen molar-refractivity contribution in [3.05, 3.63) is 72.9 Å². The van der Waals surface area contributed by atoms with Gasteiger partial charge in [0, 0.05) is 13.0 Å². The lowest BCUT2D eigenvalue weighted by Gasteiger charge is -2.24. The summed E-state index contributed by atoms with van der Waals surface area (Å²) in [5, 5.41) is 0. The Bertz CT molecular complexity index is 1250. The second-order valence-corrected chi connectivity index (χ2v) is 20.0. The third kappa shape index (κ3) is 50.9. The van der Waals surface area contributed by atoms with Gasteiger partial charge in [-0.25, -0.2) is 4.57 Å². The summed E-state index contributed by atoms with van der Waals surface area (Å²) in [5.74, 6) is -0.393. The van der Waals surface area contributed by atoms with E-state index in [4.69, 9.17) is 18.5 Å². The molecule has 0 aliphatic heterocycles. The number of esters is 1. The van der Waals surface area contributed by atoms with E-state index in [1.165, 1.54) is 135 Å². The highest BCUT2D eigenvalue weighted by Crippen LogP contribution is 2.43. The zero-order chi connectivity index (χ0) is 46.9. The molecule has 0 aliphatic carbocycles. The van der Waals surface area contributed by atoms with E-state index in [1.54, 1.807) is 0 Å². The smallest absolute Gasteiger partial charge is 0.457 e. The first kappa shape index (κ1) is 61.9. The number of hydrogen-bond donors (Lipinski definition) is 1. The second kappa shape index (κ2) is 47.4. The van der Waals surface area contributed by atoms with E-state index in [2.05, 4.69) is 74.6 Å². The topological polar surface area (TPSA) is 91.3 Å². The van der Waals surface area contributed by atoms with Crippen LogP contribution in [-0.2, 0) is 27.9 Å². The number of likely N-dealkylation sites (N-methyl/N-ethyl adjacent to an activating group) is 1. The van der Waals surface area contributed by atoms with Crippen LogP contribution >= 0.6 is 7.82 Å². The normalized spacial score (nSPS) is 14.2. The van der Waals surface area contributed by atoms with E-state index in [9.17, 15) is 14.3 Å². The highest BCUT2D eigenvalue weighted by Gasteiger charge is 2.26. The first-order valence-corrected chi connectivity index (χ1v) is 27.7. The van der Waals surface area contributed by atoms with Gasteiger partial charge in [0.25, 0.3) is 0 Å². The predicted octanol–water partition coefficient (Wildman–Crippen LogP) is 16.2. The van der Waals surface area contributed by atoms with Crippen molar-refractivity contribution in [1.82, 2.24) is 0 Å². The van der Waals surface area contributed by atoms with Crippen LogP contribution in [0.3, 0.4) is 0 Å². The molecule has 0 aromatic rings. The number of quaternary nitrogens is 1. The van der Waals surface area contributed by atoms with Crippen LogP contribution in [0.1, 0.15) is 213 Å². The summed E-state index contributed by atoms with van der Waals surface area (Å²) >= 11 is 0. The molecule has 0 aliphatic rings. The van der Waals surface area contributed by atoms with Gasteiger partial charge in [-0.05, 0) is 51.4 Å². The summed E-state index contributed by atoms with van der Waals surface area (Å²) in [4.78, 5) is 23.0. The first-order chi connectivity index (χ1) is 31.1. The number of allylic oxidation sites excluding steroid dienone is 12. The number of rotatable bonds is 48. The SMILES string of the molecule is CC/C=C\C/C=C\C/C=C\C/C=C\C/C=C\C/C=C\CCC(=O)OC(COCCCCCCCCCCCCCCCCCCCCCCCCC)COP(=O)(O)OCC[N+](C)(C)C. The highest BCUT2D eigenvalue weighted by molar-refractivity contribution is 7.47. The molecular weight excluding hydrogens is 818 g/mol. The molecule has 0 rings (SSSR count). The zero-order valence-electron chi connectivity index (χ0n) is 42.3. The number of carbonyl (C=O) groups is 1. The Balaban J connectivity index is 4.21. The Hall–Kier alpha value is -2.06. The third-order valence-electron chi connectivity index (χ3n) is 11.0. The van der Waals surface area contributed by atoms with Gasteiger partial charge < -0.3 is 18.9 Å². The van der Waals surface area contributed by atoms with Crippen molar-refractivity contribution >= 4 is 13.8 Å². The monoisotopic (exact) mass is 919 g/mol. The molecule has 2 atom stereocenters. The van der Waals surface area contributed by atoms with Gasteiger partial charge in [-0.2, -0.15) is 0 Å². The molecule has 0 bridgehead atoms. The molecular formula is C55H101NO7P+. The van der Waals surface area contributed by atoms with Crippen LogP contribution in [0, 0.1) is 0 Å². The molecule has 0 aromatic heterocycles. The van der Waals surface area contributed by atoms with Crippen LogP contribution in [0.2, 0.25) is 0 Å². The van der Waals surface area contributed by atoms with Crippen LogP contribution in [-0.4, -0.2) is 75.6 Å². The van der Waals surface area contributed by atoms with Crippen molar-refractivity contribution in [2.45, 2.75) is 219 Å². The number of phosphoric acid groups is 1. The Kier molecular flexibility index (Phi) is 45.9. The van der Waals surface area contributed by atoms with E-state index < -0.39 is 19.9 Å². The number of ether oxygens (including phenoxy) is 2. The third-order valence-corrected chi connectivity index (χ3v) is 12.0. The van der Waals surface area contributed by atoms with E-state index >= 15 is 0 Å². The van der Waals surface area contributed by atoms with Crippen molar-refractivity contribution in [3.8, 4) is 0 Å². The molecule has 8 nitrogen and oxygen atoms in total. The number of hydrogen-bond acceptors (Lipinski definition) is 6. The standard InChI is InChI=1S/C55H100NO7P/c1-6-8-10-12-14-16-18-20-22-24-26-27-28-29-31-33-35-37-39-41-43-45-47-50-60-52-54(53-62-64(58,59)61-51-49-56(3,4)5)63-55(57)48-46-44-42-40-38-36-34-32-30-25-23-21-19-17-15-13-11-9-7-2/h9,11,15,17,21,23,30,32,36,38,42,44,54H,6-8,10,12-14,16,18-20,22,24-29,31,33-35,37,39-41,43,45-53H2,1-5H3/p+1/b11-9-,17-15-,23-21-,32-30-,38-36-,44-42-. The maximum Gasteiger partial charge on any atom is 0.472 e. The van der Waals surface area contributed by atoms with Gasteiger partial charge in [0.1, 0.15) is 19.3 Å². The van der Waals surface area contributed by atoms with Gasteiger partial charge in [0.15, 0.2) is 0 Å². The summed E-state index contributed by atoms with van der Waals surface area (Å²) in [7, 11) is 1.62. The highest BCUT2D eigenvalue weighted by atomic mass is 31.2. The fourth-order valence-electron chi connectivity index (χ4n) is 7.05. The summed E-state index contributed by atoms with van der Waals surface area (Å²) in [6.45, 7) is 5.43. The summed E-state index contributed by atoms with van der Waals surface area (Å²) in [5.41, 5.74) is 0. The van der Waals surface area contributed by atoms with Gasteiger partial charge in [0.05, 0.1) is 34.4 Å². The molecule has 9 heteroatoms. The van der Waals surface area contributed by atoms with Crippen molar-refractivity contribution in [3.63, 3.8) is 0 Å². The average Bonchev–Trinajstić information content (AvgIpc) is 3.25. The fourth-order valence-corrected chi connectivity index (χ4v) is 7.79. The van der Waals surface area contributed by atoms with E-state index in [1.807, 2.05) is 33.3 Å². The van der Waals surface area contributed by atoms with E-state index in [-0.39, 0.29) is 26.2 Å². The van der Waals surface area contributed by atoms with Gasteiger partial charge in [0.2, 0.25) is 0 Å². The lowest BCUT2D eigenvalue weighted by molar-refractivity contribution is -0.870. The first-order valence-electron chi connectivity index (χ1n) is 26.2. The molecule has 0 radical (unpaired) electrons. The molecule has 2 unspecified atom stereocenters. The minimum absolute atomic E-state index is 0.0731. The minimum Gasteiger partial charge on any atom is -0.457 e. The van der Waals surface area contributed by atoms with Gasteiger partial charge >= 0.3 is 13.8 Å². The van der Waals surface area contributed by atoms with Crippen molar-refractivity contribution < 1.29 is 37.3 Å². The summed E-state index contributed by atoms with van der Waals surface area (Å²) in [6, 6.07) is 0. The van der Waals surface area contributed by atoms with E-state index in [0.717, 1.165) is 51.4 Å². The number of phosphoric ester groups is 1. The zero-order valence-corrected chi connectivity index (χ0v) is 43.1. The molecule has 0 saturated carbocycles. The minimum atomic E-state index is -4.30. The van der Waals surface area contributed by atoms with Crippen LogP contribution in [0.4, 0.5) is 0 Å². The van der Waals surface area contributed by atoms with Crippen molar-refractivity contribution in [2.75, 3.05) is 54.1 Å². The lowest BCUT2D eigenvalue weighted by Crippen LogP contribution is -2.37. The largest absolute Gasteiger partial charge is 0.472 e. The molecule has 0 saturated heterocycles. The summed E-state index contributed by atoms with van der Waals surface area (Å²) < 4.78 is 35.1. The van der Waals surface area contributed by atoms with Crippen LogP contribution in [0.15, 0.2) is 72.9 Å². The molecule has 0 fully saturated rings. The Labute approximate surface area is 395 Å². The van der Waals surface area contributed by atoms with Crippen LogP contribution < -0.4 is 0 Å². The molecule has 0 heterocycles. The maximum absolute atomic E-state index is 12.7. The van der Waals surface area contributed by atoms with Gasteiger partial charge in [-0.3, -0.25) is 13.8 Å². The lowest BCUT2D eigenvalue weighted by atomic mass is 10.0. The van der Waals surface area contributed by atoms with Crippen LogP contribution in [0.25, 0.3) is 0 Å². The maximum atomic E-state index is 12.7. The number of carbonyl (C=O) groups excluding carboxylic acids is 1. The molecule has 64 heavy (non-hydrogen) atoms. The number of nitrogens with zero attached hydrogens (tertiary/aromatic N) is 1. The Morgan fingerprint density at radius 1 is 0.500 bits per heavy atom. The molecule has 372 valence electrons. The Morgan fingerprint density at radius 2 is 0.875 bits per heavy atom. The summed E-state index contributed by atoms with van der Waals surface area (Å²) in [6.07, 6.45) is 62.6. The van der Waals surface area contributed by atoms with Gasteiger partial charge in [-0.15, -0.1) is 0 Å². The number of unbranched alkanes of at least 4 members (excludes halogenated alkanes) is 22. The van der Waals surface area contributed by atoms with Crippen molar-refractivity contribution in [1.29, 1.82) is 0 Å². The van der Waals surface area contributed by atoms with Gasteiger partial charge in [-0.1, -0.05) is 228 Å². The predicted molar refractivity (Wildman–Crippen MR) is 275 cm³/mol. The second-order valence-electron chi connectivity index (χ2n) is 18.5. The molecule has 0 amide bonds.